The second-order valence-electron chi connectivity index (χ2n) is 4.37. The second kappa shape index (κ2) is 4.15. The van der Waals surface area contributed by atoms with Crippen molar-refractivity contribution in [2.24, 2.45) is 0 Å². The van der Waals surface area contributed by atoms with Crippen molar-refractivity contribution in [3.8, 4) is 16.6 Å². The lowest BCUT2D eigenvalue weighted by Gasteiger charge is -1.95. The molecule has 0 fully saturated rings. The summed E-state index contributed by atoms with van der Waals surface area (Å²) >= 11 is 1.58. The van der Waals surface area contributed by atoms with Crippen molar-refractivity contribution in [3.05, 3.63) is 54.4 Å². The van der Waals surface area contributed by atoms with Crippen molar-refractivity contribution >= 4 is 27.3 Å². The summed E-state index contributed by atoms with van der Waals surface area (Å²) in [4.78, 5) is 10.9. The van der Waals surface area contributed by atoms with E-state index >= 15 is 0 Å². The zero-order chi connectivity index (χ0) is 13.5. The van der Waals surface area contributed by atoms with E-state index in [1.54, 1.807) is 17.4 Å². The van der Waals surface area contributed by atoms with Gasteiger partial charge in [-0.25, -0.2) is 9.97 Å². The molecule has 4 nitrogen and oxygen atoms in total. The molecule has 0 atom stereocenters. The van der Waals surface area contributed by atoms with E-state index in [1.165, 1.54) is 0 Å². The highest BCUT2D eigenvalue weighted by Gasteiger charge is 2.10. The average molecular weight is 276 g/mol. The number of benzene rings is 1. The number of fused-ring (bicyclic) bond motifs is 3. The third-order valence-electron chi connectivity index (χ3n) is 3.13. The minimum atomic E-state index is 0.429. The van der Waals surface area contributed by atoms with Crippen LogP contribution in [-0.2, 0) is 0 Å². The van der Waals surface area contributed by atoms with E-state index in [4.69, 9.17) is 5.26 Å². The molecule has 5 heteroatoms. The lowest BCUT2D eigenvalue weighted by molar-refractivity contribution is 1.25. The van der Waals surface area contributed by atoms with Gasteiger partial charge >= 0.3 is 0 Å². The fraction of sp³-hybridized carbons (Fsp3) is 0. The normalized spacial score (nSPS) is 10.9. The molecule has 3 aromatic heterocycles. The van der Waals surface area contributed by atoms with Crippen molar-refractivity contribution in [1.29, 1.82) is 5.26 Å². The Labute approximate surface area is 118 Å². The summed E-state index contributed by atoms with van der Waals surface area (Å²) in [6.45, 7) is 0. The van der Waals surface area contributed by atoms with Gasteiger partial charge in [-0.1, -0.05) is 29.5 Å². The fourth-order valence-corrected chi connectivity index (χ4v) is 3.18. The number of aromatic nitrogens is 3. The summed E-state index contributed by atoms with van der Waals surface area (Å²) in [6.07, 6.45) is 2.03. The molecule has 94 valence electrons. The number of nitriles is 1. The van der Waals surface area contributed by atoms with Crippen LogP contribution in [-0.4, -0.2) is 14.4 Å². The van der Waals surface area contributed by atoms with E-state index in [1.807, 2.05) is 42.6 Å². The maximum atomic E-state index is 8.92. The molecule has 0 saturated heterocycles. The van der Waals surface area contributed by atoms with Gasteiger partial charge in [0.2, 0.25) is 0 Å². The van der Waals surface area contributed by atoms with Crippen molar-refractivity contribution < 1.29 is 0 Å². The first-order valence-corrected chi connectivity index (χ1v) is 6.91. The van der Waals surface area contributed by atoms with E-state index < -0.39 is 0 Å². The summed E-state index contributed by atoms with van der Waals surface area (Å²) in [6, 6.07) is 15.6. The number of nitrogens with zero attached hydrogens (tertiary/aromatic N) is 4. The Morgan fingerprint density at radius 1 is 1.05 bits per heavy atom. The van der Waals surface area contributed by atoms with Gasteiger partial charge < -0.3 is 0 Å². The molecular weight excluding hydrogens is 268 g/mol. The predicted molar refractivity (Wildman–Crippen MR) is 78.5 cm³/mol. The molecule has 4 aromatic rings. The number of imidazole rings is 1. The lowest BCUT2D eigenvalue weighted by atomic mass is 10.3. The fourth-order valence-electron chi connectivity index (χ4n) is 2.21. The number of hydrogen-bond acceptors (Lipinski definition) is 4. The Morgan fingerprint density at radius 3 is 2.85 bits per heavy atom. The van der Waals surface area contributed by atoms with E-state index in [2.05, 4.69) is 20.4 Å². The topological polar surface area (TPSA) is 54.0 Å². The molecular formula is C15H8N4S. The van der Waals surface area contributed by atoms with Crippen LogP contribution >= 0.6 is 11.3 Å². The highest BCUT2D eigenvalue weighted by atomic mass is 32.1. The summed E-state index contributed by atoms with van der Waals surface area (Å²) in [5, 5.41) is 8.92. The largest absolute Gasteiger partial charge is 0.290 e. The van der Waals surface area contributed by atoms with Crippen LogP contribution in [0.3, 0.4) is 0 Å². The highest BCUT2D eigenvalue weighted by Crippen LogP contribution is 2.29. The van der Waals surface area contributed by atoms with Crippen LogP contribution in [0.1, 0.15) is 5.69 Å². The van der Waals surface area contributed by atoms with Gasteiger partial charge in [-0.3, -0.25) is 4.40 Å². The molecule has 0 saturated carbocycles. The van der Waals surface area contributed by atoms with Crippen LogP contribution in [0.2, 0.25) is 0 Å². The third-order valence-corrected chi connectivity index (χ3v) is 4.13. The smallest absolute Gasteiger partial charge is 0.195 e. The van der Waals surface area contributed by atoms with Gasteiger partial charge in [0.15, 0.2) is 4.96 Å². The molecule has 1 aromatic carbocycles. The zero-order valence-electron chi connectivity index (χ0n) is 10.3. The second-order valence-corrected chi connectivity index (χ2v) is 5.38. The predicted octanol–water partition coefficient (Wildman–Crippen LogP) is 3.48. The quantitative estimate of drug-likeness (QED) is 0.535. The van der Waals surface area contributed by atoms with Gasteiger partial charge in [0, 0.05) is 6.20 Å². The molecule has 0 N–H and O–H groups in total. The van der Waals surface area contributed by atoms with Gasteiger partial charge in [0.1, 0.15) is 11.8 Å². The van der Waals surface area contributed by atoms with Gasteiger partial charge in [-0.15, -0.1) is 0 Å². The number of pyridine rings is 1. The minimum absolute atomic E-state index is 0.429. The summed E-state index contributed by atoms with van der Waals surface area (Å²) in [5.41, 5.74) is 3.31. The SMILES string of the molecule is N#Cc1cccc(-c2cn3c(nc4ccccc43)s2)n1. The van der Waals surface area contributed by atoms with Gasteiger partial charge in [-0.2, -0.15) is 5.26 Å². The van der Waals surface area contributed by atoms with Crippen LogP contribution in [0.25, 0.3) is 26.6 Å². The highest BCUT2D eigenvalue weighted by molar-refractivity contribution is 7.20. The van der Waals surface area contributed by atoms with E-state index in [0.29, 0.717) is 5.69 Å². The van der Waals surface area contributed by atoms with Crippen LogP contribution in [0, 0.1) is 11.3 Å². The van der Waals surface area contributed by atoms with Crippen LogP contribution < -0.4 is 0 Å². The summed E-state index contributed by atoms with van der Waals surface area (Å²) in [7, 11) is 0. The molecule has 20 heavy (non-hydrogen) atoms. The zero-order valence-corrected chi connectivity index (χ0v) is 11.1. The van der Waals surface area contributed by atoms with Gasteiger partial charge in [-0.05, 0) is 24.3 Å². The van der Waals surface area contributed by atoms with E-state index in [0.717, 1.165) is 26.6 Å². The molecule has 0 radical (unpaired) electrons. The number of rotatable bonds is 1. The lowest BCUT2D eigenvalue weighted by Crippen LogP contribution is -1.85. The first kappa shape index (κ1) is 11.1. The number of thiazole rings is 1. The minimum Gasteiger partial charge on any atom is -0.290 e. The van der Waals surface area contributed by atoms with Gasteiger partial charge in [0.25, 0.3) is 0 Å². The third kappa shape index (κ3) is 1.59. The average Bonchev–Trinajstić information content (AvgIpc) is 3.05. The van der Waals surface area contributed by atoms with Crippen LogP contribution in [0.4, 0.5) is 0 Å². The Hall–Kier alpha value is -2.71. The molecule has 0 aliphatic rings. The molecule has 0 unspecified atom stereocenters. The molecule has 0 aliphatic carbocycles. The first-order valence-electron chi connectivity index (χ1n) is 6.09. The number of para-hydroxylation sites is 2. The summed E-state index contributed by atoms with van der Waals surface area (Å²) in [5.74, 6) is 0. The maximum Gasteiger partial charge on any atom is 0.195 e. The maximum absolute atomic E-state index is 8.92. The number of hydrogen-bond donors (Lipinski definition) is 0. The Bertz CT molecular complexity index is 974. The molecule has 3 heterocycles. The van der Waals surface area contributed by atoms with E-state index in [-0.39, 0.29) is 0 Å². The van der Waals surface area contributed by atoms with Crippen LogP contribution in [0.5, 0.6) is 0 Å². The Balaban J connectivity index is 1.95. The Morgan fingerprint density at radius 2 is 1.95 bits per heavy atom. The van der Waals surface area contributed by atoms with Crippen molar-refractivity contribution in [2.45, 2.75) is 0 Å². The van der Waals surface area contributed by atoms with Crippen LogP contribution in [0.15, 0.2) is 48.7 Å². The Kier molecular flexibility index (Phi) is 2.31. The standard InChI is InChI=1S/C15H8N4S/c16-8-10-4-3-6-12(17-10)14-9-19-13-7-2-1-5-11(13)18-15(19)20-14/h1-7,9H. The van der Waals surface area contributed by atoms with Gasteiger partial charge in [0.05, 0.1) is 21.6 Å². The molecule has 0 aliphatic heterocycles. The monoisotopic (exact) mass is 276 g/mol. The molecule has 0 bridgehead atoms. The first-order chi connectivity index (χ1) is 9.85. The molecule has 0 amide bonds. The van der Waals surface area contributed by atoms with Crippen molar-refractivity contribution in [3.63, 3.8) is 0 Å². The van der Waals surface area contributed by atoms with E-state index in [9.17, 15) is 0 Å². The van der Waals surface area contributed by atoms with Crippen molar-refractivity contribution in [2.75, 3.05) is 0 Å². The molecule has 0 spiro atoms. The summed E-state index contributed by atoms with van der Waals surface area (Å²) < 4.78 is 2.07. The molecule has 4 rings (SSSR count). The van der Waals surface area contributed by atoms with Crippen molar-refractivity contribution in [1.82, 2.24) is 14.4 Å².